The molecular weight excluding hydrogens is 316 g/mol. The molecule has 1 fully saturated rings. The summed E-state index contributed by atoms with van der Waals surface area (Å²) in [5.74, 6) is 1.64. The van der Waals surface area contributed by atoms with Crippen molar-refractivity contribution in [3.8, 4) is 0 Å². The average Bonchev–Trinajstić information content (AvgIpc) is 3.16. The Labute approximate surface area is 158 Å². The van der Waals surface area contributed by atoms with Crippen LogP contribution in [0, 0.1) is 5.92 Å². The summed E-state index contributed by atoms with van der Waals surface area (Å²) >= 11 is 0. The molecule has 1 aliphatic rings. The maximum Gasteiger partial charge on any atom is 0.170 e. The summed E-state index contributed by atoms with van der Waals surface area (Å²) in [6.45, 7) is 8.82. The van der Waals surface area contributed by atoms with Gasteiger partial charge in [-0.05, 0) is 47.3 Å². The SMILES string of the molecule is CC(C)c1ccc(C(=O)C(c2ccccc2)C2CCCC2)c(C(C)C)c1. The highest BCUT2D eigenvalue weighted by Crippen LogP contribution is 2.40. The van der Waals surface area contributed by atoms with Crippen molar-refractivity contribution in [2.45, 2.75) is 71.1 Å². The van der Waals surface area contributed by atoms with Crippen molar-refractivity contribution >= 4 is 5.78 Å². The minimum absolute atomic E-state index is 0.00102. The van der Waals surface area contributed by atoms with Gasteiger partial charge in [-0.3, -0.25) is 4.79 Å². The second-order valence-electron chi connectivity index (χ2n) is 8.45. The molecule has 1 unspecified atom stereocenters. The first-order valence-corrected chi connectivity index (χ1v) is 10.2. The maximum absolute atomic E-state index is 13.7. The topological polar surface area (TPSA) is 17.1 Å². The molecule has 2 aromatic rings. The molecule has 0 N–H and O–H groups in total. The van der Waals surface area contributed by atoms with Crippen LogP contribution in [0.5, 0.6) is 0 Å². The van der Waals surface area contributed by atoms with Crippen LogP contribution in [0.2, 0.25) is 0 Å². The van der Waals surface area contributed by atoms with Gasteiger partial charge in [0.1, 0.15) is 0 Å². The van der Waals surface area contributed by atoms with Crippen LogP contribution in [-0.2, 0) is 0 Å². The average molecular weight is 349 g/mol. The predicted molar refractivity (Wildman–Crippen MR) is 110 cm³/mol. The summed E-state index contributed by atoms with van der Waals surface area (Å²) in [6.07, 6.45) is 4.86. The zero-order valence-electron chi connectivity index (χ0n) is 16.7. The summed E-state index contributed by atoms with van der Waals surface area (Å²) in [5.41, 5.74) is 4.65. The molecule has 1 saturated carbocycles. The van der Waals surface area contributed by atoms with Gasteiger partial charge in [0.15, 0.2) is 5.78 Å². The molecule has 0 amide bonds. The van der Waals surface area contributed by atoms with E-state index in [1.165, 1.54) is 42.4 Å². The molecule has 0 spiro atoms. The van der Waals surface area contributed by atoms with Crippen molar-refractivity contribution in [3.63, 3.8) is 0 Å². The van der Waals surface area contributed by atoms with Gasteiger partial charge in [0.05, 0.1) is 5.92 Å². The molecule has 0 aromatic heterocycles. The normalized spacial score (nSPS) is 16.4. The minimum Gasteiger partial charge on any atom is -0.293 e. The Hall–Kier alpha value is -1.89. The fourth-order valence-electron chi connectivity index (χ4n) is 4.40. The molecule has 0 aliphatic heterocycles. The number of ketones is 1. The lowest BCUT2D eigenvalue weighted by Crippen LogP contribution is -2.22. The second kappa shape index (κ2) is 8.20. The van der Waals surface area contributed by atoms with Gasteiger partial charge in [-0.25, -0.2) is 0 Å². The van der Waals surface area contributed by atoms with E-state index in [0.717, 1.165) is 5.56 Å². The van der Waals surface area contributed by atoms with E-state index < -0.39 is 0 Å². The van der Waals surface area contributed by atoms with E-state index in [0.29, 0.717) is 23.5 Å². The number of carbonyl (C=O) groups excluding carboxylic acids is 1. The number of hydrogen-bond acceptors (Lipinski definition) is 1. The van der Waals surface area contributed by atoms with Crippen LogP contribution < -0.4 is 0 Å². The highest BCUT2D eigenvalue weighted by Gasteiger charge is 2.33. The third-order valence-electron chi connectivity index (χ3n) is 5.94. The lowest BCUT2D eigenvalue weighted by atomic mass is 9.77. The quantitative estimate of drug-likeness (QED) is 0.509. The Kier molecular flexibility index (Phi) is 5.96. The van der Waals surface area contributed by atoms with E-state index in [9.17, 15) is 4.79 Å². The van der Waals surface area contributed by atoms with Crippen LogP contribution >= 0.6 is 0 Å². The van der Waals surface area contributed by atoms with Crippen molar-refractivity contribution < 1.29 is 4.79 Å². The highest BCUT2D eigenvalue weighted by atomic mass is 16.1. The van der Waals surface area contributed by atoms with E-state index >= 15 is 0 Å². The van der Waals surface area contributed by atoms with E-state index in [2.05, 4.69) is 70.2 Å². The van der Waals surface area contributed by atoms with E-state index in [1.54, 1.807) is 0 Å². The van der Waals surface area contributed by atoms with Gasteiger partial charge in [0, 0.05) is 5.56 Å². The van der Waals surface area contributed by atoms with Crippen LogP contribution in [0.25, 0.3) is 0 Å². The Bertz CT molecular complexity index is 736. The predicted octanol–water partition coefficient (Wildman–Crippen LogP) is 7.09. The molecular formula is C25H32O. The smallest absolute Gasteiger partial charge is 0.170 e. The molecule has 3 rings (SSSR count). The standard InChI is InChI=1S/C25H32O/c1-17(2)21-14-15-22(23(16-21)18(3)4)25(26)24(20-12-8-9-13-20)19-10-6-5-7-11-19/h5-7,10-11,14-18,20,24H,8-9,12-13H2,1-4H3. The Morgan fingerprint density at radius 1 is 0.846 bits per heavy atom. The van der Waals surface area contributed by atoms with Crippen LogP contribution in [0.4, 0.5) is 0 Å². The highest BCUT2D eigenvalue weighted by molar-refractivity contribution is 6.02. The first-order valence-electron chi connectivity index (χ1n) is 10.2. The third kappa shape index (κ3) is 3.92. The first kappa shape index (κ1) is 18.9. The van der Waals surface area contributed by atoms with Crippen molar-refractivity contribution in [1.82, 2.24) is 0 Å². The molecule has 26 heavy (non-hydrogen) atoms. The summed E-state index contributed by atoms with van der Waals surface area (Å²) < 4.78 is 0. The number of benzene rings is 2. The number of Topliss-reactive ketones (excluding diaryl/α,β-unsaturated/α-hetero) is 1. The molecule has 2 aromatic carbocycles. The van der Waals surface area contributed by atoms with Gasteiger partial charge >= 0.3 is 0 Å². The van der Waals surface area contributed by atoms with Crippen LogP contribution in [0.15, 0.2) is 48.5 Å². The molecule has 138 valence electrons. The summed E-state index contributed by atoms with van der Waals surface area (Å²) in [6, 6.07) is 17.0. The molecule has 0 bridgehead atoms. The molecule has 1 aliphatic carbocycles. The van der Waals surface area contributed by atoms with Crippen molar-refractivity contribution in [2.75, 3.05) is 0 Å². The second-order valence-corrected chi connectivity index (χ2v) is 8.45. The molecule has 1 nitrogen and oxygen atoms in total. The summed E-state index contributed by atoms with van der Waals surface area (Å²) in [7, 11) is 0. The zero-order chi connectivity index (χ0) is 18.7. The van der Waals surface area contributed by atoms with Gasteiger partial charge in [0.2, 0.25) is 0 Å². The van der Waals surface area contributed by atoms with Gasteiger partial charge in [-0.1, -0.05) is 89.1 Å². The van der Waals surface area contributed by atoms with Crippen molar-refractivity contribution in [1.29, 1.82) is 0 Å². The first-order chi connectivity index (χ1) is 12.5. The van der Waals surface area contributed by atoms with E-state index in [4.69, 9.17) is 0 Å². The number of rotatable bonds is 6. The molecule has 0 saturated heterocycles. The lowest BCUT2D eigenvalue weighted by molar-refractivity contribution is 0.0928. The molecule has 1 heteroatoms. The monoisotopic (exact) mass is 348 g/mol. The van der Waals surface area contributed by atoms with Crippen LogP contribution in [0.3, 0.4) is 0 Å². The summed E-state index contributed by atoms with van der Waals surface area (Å²) in [4.78, 5) is 13.7. The fraction of sp³-hybridized carbons (Fsp3) is 0.480. The minimum atomic E-state index is 0.00102. The van der Waals surface area contributed by atoms with Crippen LogP contribution in [0.1, 0.15) is 98.2 Å². The fourth-order valence-corrected chi connectivity index (χ4v) is 4.40. The van der Waals surface area contributed by atoms with Crippen molar-refractivity contribution in [2.24, 2.45) is 5.92 Å². The van der Waals surface area contributed by atoms with Gasteiger partial charge in [0.25, 0.3) is 0 Å². The van der Waals surface area contributed by atoms with Gasteiger partial charge in [-0.15, -0.1) is 0 Å². The lowest BCUT2D eigenvalue weighted by Gasteiger charge is -2.25. The Morgan fingerprint density at radius 3 is 2.08 bits per heavy atom. The van der Waals surface area contributed by atoms with Crippen molar-refractivity contribution in [3.05, 3.63) is 70.8 Å². The Balaban J connectivity index is 2.04. The molecule has 1 atom stereocenters. The maximum atomic E-state index is 13.7. The van der Waals surface area contributed by atoms with Gasteiger partial charge < -0.3 is 0 Å². The van der Waals surface area contributed by atoms with E-state index in [1.807, 2.05) is 6.07 Å². The largest absolute Gasteiger partial charge is 0.293 e. The van der Waals surface area contributed by atoms with Crippen LogP contribution in [-0.4, -0.2) is 5.78 Å². The molecule has 0 radical (unpaired) electrons. The molecule has 0 heterocycles. The van der Waals surface area contributed by atoms with E-state index in [-0.39, 0.29) is 5.92 Å². The summed E-state index contributed by atoms with van der Waals surface area (Å²) in [5, 5.41) is 0. The zero-order valence-corrected chi connectivity index (χ0v) is 16.7. The number of hydrogen-bond donors (Lipinski definition) is 0. The van der Waals surface area contributed by atoms with Gasteiger partial charge in [-0.2, -0.15) is 0 Å². The third-order valence-corrected chi connectivity index (χ3v) is 5.94. The Morgan fingerprint density at radius 2 is 1.50 bits per heavy atom. The number of carbonyl (C=O) groups is 1.